The zero-order valence-corrected chi connectivity index (χ0v) is 18.8. The van der Waals surface area contributed by atoms with Crippen molar-refractivity contribution in [1.82, 2.24) is 0 Å². The third kappa shape index (κ3) is 5.92. The van der Waals surface area contributed by atoms with E-state index in [1.54, 1.807) is 19.1 Å². The number of halogens is 3. The molecule has 4 aromatic rings. The lowest BCUT2D eigenvalue weighted by Gasteiger charge is -2.07. The van der Waals surface area contributed by atoms with Gasteiger partial charge in [0, 0.05) is 0 Å². The zero-order valence-electron chi connectivity index (χ0n) is 18.8. The molecule has 0 aromatic heterocycles. The predicted molar refractivity (Wildman–Crippen MR) is 130 cm³/mol. The number of benzene rings is 4. The van der Waals surface area contributed by atoms with Crippen LogP contribution in [0.2, 0.25) is 0 Å². The first-order valence-corrected chi connectivity index (χ1v) is 11.4. The normalized spacial score (nSPS) is 11.0. The van der Waals surface area contributed by atoms with Crippen molar-refractivity contribution in [3.05, 3.63) is 119 Å². The zero-order chi connectivity index (χ0) is 23.2. The van der Waals surface area contributed by atoms with Crippen molar-refractivity contribution in [3.8, 4) is 22.3 Å². The minimum Gasteiger partial charge on any atom is -0.207 e. The molecule has 0 saturated heterocycles. The van der Waals surface area contributed by atoms with Crippen LogP contribution in [0.3, 0.4) is 0 Å². The fraction of sp³-hybridized carbons (Fsp3) is 0.200. The molecule has 0 radical (unpaired) electrons. The molecule has 0 fully saturated rings. The van der Waals surface area contributed by atoms with Gasteiger partial charge in [-0.25, -0.2) is 13.2 Å². The van der Waals surface area contributed by atoms with Gasteiger partial charge < -0.3 is 0 Å². The van der Waals surface area contributed by atoms with Crippen LogP contribution in [-0.4, -0.2) is 0 Å². The van der Waals surface area contributed by atoms with Crippen molar-refractivity contribution >= 4 is 0 Å². The van der Waals surface area contributed by atoms with Gasteiger partial charge in [0.15, 0.2) is 11.6 Å². The van der Waals surface area contributed by atoms with Crippen LogP contribution in [0.15, 0.2) is 84.9 Å². The molecule has 0 amide bonds. The molecule has 4 rings (SSSR count). The van der Waals surface area contributed by atoms with E-state index in [1.165, 1.54) is 17.2 Å². The van der Waals surface area contributed by atoms with E-state index in [-0.39, 0.29) is 5.82 Å². The van der Waals surface area contributed by atoms with Crippen molar-refractivity contribution in [2.24, 2.45) is 0 Å². The molecular formula is C30H27F3. The summed E-state index contributed by atoms with van der Waals surface area (Å²) in [4.78, 5) is 0. The van der Waals surface area contributed by atoms with Gasteiger partial charge in [0.1, 0.15) is 5.82 Å². The van der Waals surface area contributed by atoms with Crippen LogP contribution in [0.5, 0.6) is 0 Å². The van der Waals surface area contributed by atoms with Crippen molar-refractivity contribution in [2.75, 3.05) is 0 Å². The van der Waals surface area contributed by atoms with E-state index in [0.717, 1.165) is 54.9 Å². The summed E-state index contributed by atoms with van der Waals surface area (Å²) in [5, 5.41) is 0. The van der Waals surface area contributed by atoms with Crippen molar-refractivity contribution in [2.45, 2.75) is 39.0 Å². The van der Waals surface area contributed by atoms with Crippen LogP contribution >= 0.6 is 0 Å². The lowest BCUT2D eigenvalue weighted by molar-refractivity contribution is 0.509. The Kier molecular flexibility index (Phi) is 7.29. The van der Waals surface area contributed by atoms with Crippen molar-refractivity contribution in [3.63, 3.8) is 0 Å². The molecule has 0 N–H and O–H groups in total. The van der Waals surface area contributed by atoms with E-state index in [0.29, 0.717) is 11.1 Å². The number of hydrogen-bond acceptors (Lipinski definition) is 0. The van der Waals surface area contributed by atoms with E-state index in [1.807, 2.05) is 24.3 Å². The molecule has 33 heavy (non-hydrogen) atoms. The van der Waals surface area contributed by atoms with Crippen LogP contribution in [0.4, 0.5) is 13.2 Å². The third-order valence-electron chi connectivity index (χ3n) is 6.10. The smallest absolute Gasteiger partial charge is 0.159 e. The van der Waals surface area contributed by atoms with Crippen LogP contribution < -0.4 is 0 Å². The molecule has 0 atom stereocenters. The predicted octanol–water partition coefficient (Wildman–Crippen LogP) is 8.70. The Morgan fingerprint density at radius 3 is 1.39 bits per heavy atom. The van der Waals surface area contributed by atoms with E-state index in [4.69, 9.17) is 0 Å². The van der Waals surface area contributed by atoms with Crippen LogP contribution in [-0.2, 0) is 12.8 Å². The maximum absolute atomic E-state index is 13.8. The standard InChI is InChI=1S/C30H27F3/c1-21-7-12-26(19-29(21)32)24-13-8-22(9-14-24)5-3-2-4-6-23-10-15-25(16-11-23)27-17-18-28(31)30(33)20-27/h7-20H,2-6H2,1H3. The van der Waals surface area contributed by atoms with Gasteiger partial charge in [-0.2, -0.15) is 0 Å². The second-order valence-corrected chi connectivity index (χ2v) is 8.55. The Bertz CT molecular complexity index is 1110. The molecule has 0 unspecified atom stereocenters. The highest BCUT2D eigenvalue weighted by molar-refractivity contribution is 5.64. The number of unbranched alkanes of at least 4 members (excludes halogenated alkanes) is 2. The molecular weight excluding hydrogens is 417 g/mol. The largest absolute Gasteiger partial charge is 0.207 e. The molecule has 3 heteroatoms. The first-order valence-electron chi connectivity index (χ1n) is 11.4. The summed E-state index contributed by atoms with van der Waals surface area (Å²) in [5.41, 5.74) is 6.70. The van der Waals surface area contributed by atoms with Crippen molar-refractivity contribution in [1.29, 1.82) is 0 Å². The Morgan fingerprint density at radius 2 is 0.909 bits per heavy atom. The van der Waals surface area contributed by atoms with Crippen molar-refractivity contribution < 1.29 is 13.2 Å². The molecule has 0 nitrogen and oxygen atoms in total. The molecule has 0 bridgehead atoms. The summed E-state index contributed by atoms with van der Waals surface area (Å²) in [6.07, 6.45) is 5.38. The number of aryl methyl sites for hydroxylation is 3. The highest BCUT2D eigenvalue weighted by Gasteiger charge is 2.05. The minimum absolute atomic E-state index is 0.171. The highest BCUT2D eigenvalue weighted by atomic mass is 19.2. The molecule has 0 spiro atoms. The minimum atomic E-state index is -0.826. The summed E-state index contributed by atoms with van der Waals surface area (Å²) >= 11 is 0. The fourth-order valence-electron chi connectivity index (χ4n) is 4.01. The quantitative estimate of drug-likeness (QED) is 0.238. The second-order valence-electron chi connectivity index (χ2n) is 8.55. The van der Waals surface area contributed by atoms with Gasteiger partial charge in [-0.15, -0.1) is 0 Å². The fourth-order valence-corrected chi connectivity index (χ4v) is 4.01. The lowest BCUT2D eigenvalue weighted by atomic mass is 9.99. The highest BCUT2D eigenvalue weighted by Crippen LogP contribution is 2.24. The van der Waals surface area contributed by atoms with Crippen LogP contribution in [0.25, 0.3) is 22.3 Å². The molecule has 0 saturated carbocycles. The van der Waals surface area contributed by atoms with Gasteiger partial charge in [0.05, 0.1) is 0 Å². The third-order valence-corrected chi connectivity index (χ3v) is 6.10. The molecule has 0 heterocycles. The monoisotopic (exact) mass is 444 g/mol. The maximum atomic E-state index is 13.8. The molecule has 168 valence electrons. The van der Waals surface area contributed by atoms with Gasteiger partial charge in [-0.05, 0) is 89.8 Å². The summed E-state index contributed by atoms with van der Waals surface area (Å²) in [6, 6.07) is 25.8. The summed E-state index contributed by atoms with van der Waals surface area (Å²) in [7, 11) is 0. The second kappa shape index (κ2) is 10.5. The molecule has 0 aliphatic carbocycles. The maximum Gasteiger partial charge on any atom is 0.159 e. The first-order chi connectivity index (χ1) is 16.0. The van der Waals surface area contributed by atoms with Gasteiger partial charge in [0.2, 0.25) is 0 Å². The average Bonchev–Trinajstić information content (AvgIpc) is 2.83. The van der Waals surface area contributed by atoms with Gasteiger partial charge in [-0.1, -0.05) is 73.2 Å². The van der Waals surface area contributed by atoms with E-state index >= 15 is 0 Å². The molecule has 0 aliphatic rings. The van der Waals surface area contributed by atoms with Crippen LogP contribution in [0, 0.1) is 24.4 Å². The van der Waals surface area contributed by atoms with Gasteiger partial charge >= 0.3 is 0 Å². The Balaban J connectivity index is 1.22. The average molecular weight is 445 g/mol. The summed E-state index contributed by atoms with van der Waals surface area (Å²) in [5.74, 6) is -1.82. The van der Waals surface area contributed by atoms with Gasteiger partial charge in [-0.3, -0.25) is 0 Å². The number of rotatable bonds is 8. The van der Waals surface area contributed by atoms with E-state index in [9.17, 15) is 13.2 Å². The van der Waals surface area contributed by atoms with Gasteiger partial charge in [0.25, 0.3) is 0 Å². The molecule has 0 aliphatic heterocycles. The Labute approximate surface area is 193 Å². The summed E-state index contributed by atoms with van der Waals surface area (Å²) in [6.45, 7) is 1.77. The van der Waals surface area contributed by atoms with E-state index < -0.39 is 11.6 Å². The topological polar surface area (TPSA) is 0 Å². The van der Waals surface area contributed by atoms with E-state index in [2.05, 4.69) is 36.4 Å². The number of hydrogen-bond donors (Lipinski definition) is 0. The molecule has 4 aromatic carbocycles. The first kappa shape index (κ1) is 22.8. The lowest BCUT2D eigenvalue weighted by Crippen LogP contribution is -1.90. The SMILES string of the molecule is Cc1ccc(-c2ccc(CCCCCc3ccc(-c4ccc(F)c(F)c4)cc3)cc2)cc1F. The Morgan fingerprint density at radius 1 is 0.455 bits per heavy atom. The Hall–Kier alpha value is -3.33. The van der Waals surface area contributed by atoms with Crippen LogP contribution in [0.1, 0.15) is 36.0 Å². The summed E-state index contributed by atoms with van der Waals surface area (Å²) < 4.78 is 40.4.